The molecule has 8 nitrogen and oxygen atoms in total. The van der Waals surface area contributed by atoms with Gasteiger partial charge in [0.25, 0.3) is 11.9 Å². The fourth-order valence-electron chi connectivity index (χ4n) is 2.96. The largest absolute Gasteiger partial charge is 0.496 e. The van der Waals surface area contributed by atoms with Gasteiger partial charge in [-0.2, -0.15) is 0 Å². The normalized spacial score (nSPS) is 17.4. The molecule has 1 fully saturated rings. The maximum absolute atomic E-state index is 14.2. The lowest BCUT2D eigenvalue weighted by molar-refractivity contribution is -0.135. The van der Waals surface area contributed by atoms with Crippen LogP contribution in [0.15, 0.2) is 24.5 Å². The summed E-state index contributed by atoms with van der Waals surface area (Å²) in [5.41, 5.74) is 6.00. The summed E-state index contributed by atoms with van der Waals surface area (Å²) in [4.78, 5) is 22.2. The van der Waals surface area contributed by atoms with E-state index in [1.54, 1.807) is 12.4 Å². The van der Waals surface area contributed by atoms with Gasteiger partial charge >= 0.3 is 0 Å². The molecular weight excluding hydrogens is 388 g/mol. The third-order valence-electron chi connectivity index (χ3n) is 4.01. The van der Waals surface area contributed by atoms with Crippen LogP contribution in [-0.2, 0) is 9.59 Å². The molecule has 2 atom stereocenters. The lowest BCUT2D eigenvalue weighted by Crippen LogP contribution is -2.16. The maximum atomic E-state index is 14.2. The predicted octanol–water partition coefficient (Wildman–Crippen LogP) is 3.07. The number of methoxy groups -OCH3 is 1. The molecule has 0 radical (unpaired) electrons. The van der Waals surface area contributed by atoms with Crippen LogP contribution in [-0.4, -0.2) is 44.9 Å². The SMILES string of the molecule is CC(=O)O.CC(=O)O.COc1ccc(F)c(F)c1-c1nccn1[C@@H]1CC[C@H](N)C1. The highest BCUT2D eigenvalue weighted by molar-refractivity contribution is 5.66. The molecule has 0 bridgehead atoms. The van der Waals surface area contributed by atoms with Crippen molar-refractivity contribution in [1.82, 2.24) is 9.55 Å². The van der Waals surface area contributed by atoms with Crippen LogP contribution in [0.2, 0.25) is 0 Å². The van der Waals surface area contributed by atoms with E-state index in [0.29, 0.717) is 5.82 Å². The van der Waals surface area contributed by atoms with Gasteiger partial charge in [-0.1, -0.05) is 0 Å². The van der Waals surface area contributed by atoms with E-state index in [9.17, 15) is 8.78 Å². The van der Waals surface area contributed by atoms with Gasteiger partial charge < -0.3 is 25.3 Å². The number of aromatic nitrogens is 2. The van der Waals surface area contributed by atoms with E-state index in [2.05, 4.69) is 4.98 Å². The van der Waals surface area contributed by atoms with Crippen LogP contribution < -0.4 is 10.5 Å². The molecule has 0 aliphatic heterocycles. The second-order valence-corrected chi connectivity index (χ2v) is 6.36. The van der Waals surface area contributed by atoms with Crippen LogP contribution in [0.4, 0.5) is 8.78 Å². The third-order valence-corrected chi connectivity index (χ3v) is 4.01. The van der Waals surface area contributed by atoms with Gasteiger partial charge in [0.1, 0.15) is 11.6 Å². The van der Waals surface area contributed by atoms with E-state index in [4.69, 9.17) is 30.3 Å². The summed E-state index contributed by atoms with van der Waals surface area (Å²) in [6.07, 6.45) is 6.00. The van der Waals surface area contributed by atoms with Gasteiger partial charge in [-0.3, -0.25) is 9.59 Å². The zero-order valence-corrected chi connectivity index (χ0v) is 16.4. The van der Waals surface area contributed by atoms with Crippen molar-refractivity contribution in [2.75, 3.05) is 7.11 Å². The van der Waals surface area contributed by atoms with Crippen molar-refractivity contribution in [2.24, 2.45) is 5.73 Å². The minimum Gasteiger partial charge on any atom is -0.496 e. The Labute approximate surface area is 166 Å². The Hall–Kier alpha value is -3.01. The maximum Gasteiger partial charge on any atom is 0.300 e. The second kappa shape index (κ2) is 11.1. The molecule has 1 aromatic carbocycles. The number of ether oxygens (including phenoxy) is 1. The Balaban J connectivity index is 0.000000452. The number of imidazole rings is 1. The molecule has 3 rings (SSSR count). The molecule has 10 heteroatoms. The fraction of sp³-hybridized carbons (Fsp3) is 0.421. The molecular formula is C19H25F2N3O5. The molecule has 0 amide bonds. The highest BCUT2D eigenvalue weighted by Crippen LogP contribution is 2.37. The number of carbonyl (C=O) groups is 2. The van der Waals surface area contributed by atoms with Crippen molar-refractivity contribution in [3.63, 3.8) is 0 Å². The molecule has 4 N–H and O–H groups in total. The van der Waals surface area contributed by atoms with Crippen LogP contribution >= 0.6 is 0 Å². The lowest BCUT2D eigenvalue weighted by Gasteiger charge is -2.17. The van der Waals surface area contributed by atoms with Crippen molar-refractivity contribution in [3.8, 4) is 17.1 Å². The Bertz CT molecular complexity index is 821. The van der Waals surface area contributed by atoms with E-state index in [-0.39, 0.29) is 23.4 Å². The van der Waals surface area contributed by atoms with E-state index in [0.717, 1.165) is 39.2 Å². The van der Waals surface area contributed by atoms with Gasteiger partial charge in [-0.05, 0) is 31.4 Å². The van der Waals surface area contributed by atoms with Crippen molar-refractivity contribution in [1.29, 1.82) is 0 Å². The Morgan fingerprint density at radius 3 is 2.28 bits per heavy atom. The number of carboxylic acid groups (broad SMARTS) is 2. The van der Waals surface area contributed by atoms with E-state index >= 15 is 0 Å². The smallest absolute Gasteiger partial charge is 0.300 e. The molecule has 0 spiro atoms. The highest BCUT2D eigenvalue weighted by Gasteiger charge is 2.27. The first-order valence-corrected chi connectivity index (χ1v) is 8.78. The van der Waals surface area contributed by atoms with Crippen molar-refractivity contribution < 1.29 is 33.3 Å². The summed E-state index contributed by atoms with van der Waals surface area (Å²) in [6.45, 7) is 2.17. The number of benzene rings is 1. The van der Waals surface area contributed by atoms with Crippen molar-refractivity contribution in [3.05, 3.63) is 36.2 Å². The third kappa shape index (κ3) is 7.15. The number of aliphatic carboxylic acids is 2. The van der Waals surface area contributed by atoms with Gasteiger partial charge in [0.15, 0.2) is 11.6 Å². The van der Waals surface area contributed by atoms with E-state index < -0.39 is 23.6 Å². The predicted molar refractivity (Wildman–Crippen MR) is 102 cm³/mol. The minimum absolute atomic E-state index is 0.0583. The van der Waals surface area contributed by atoms with Crippen LogP contribution in [0.25, 0.3) is 11.4 Å². The monoisotopic (exact) mass is 413 g/mol. The van der Waals surface area contributed by atoms with Crippen molar-refractivity contribution >= 4 is 11.9 Å². The average Bonchev–Trinajstić information content (AvgIpc) is 3.24. The van der Waals surface area contributed by atoms with E-state index in [1.165, 1.54) is 13.2 Å². The van der Waals surface area contributed by atoms with Crippen LogP contribution in [0.1, 0.15) is 39.2 Å². The standard InChI is InChI=1S/C15H17F2N3O.2C2H4O2/c1-21-12-5-4-11(16)14(17)13(12)15-19-6-7-20(15)10-3-2-9(18)8-10;2*1-2(3)4/h4-7,9-10H,2-3,8,18H2,1H3;2*1H3,(H,3,4)/t9-,10+;;/m0../s1. The molecule has 160 valence electrons. The zero-order valence-electron chi connectivity index (χ0n) is 16.4. The van der Waals surface area contributed by atoms with Gasteiger partial charge in [-0.15, -0.1) is 0 Å². The zero-order chi connectivity index (χ0) is 22.1. The number of nitrogens with zero attached hydrogens (tertiary/aromatic N) is 2. The van der Waals surface area contributed by atoms with Gasteiger partial charge in [-0.25, -0.2) is 13.8 Å². The topological polar surface area (TPSA) is 128 Å². The quantitative estimate of drug-likeness (QED) is 0.705. The molecule has 1 aromatic heterocycles. The lowest BCUT2D eigenvalue weighted by atomic mass is 10.1. The van der Waals surface area contributed by atoms with Gasteiger partial charge in [0, 0.05) is 38.3 Å². The number of rotatable bonds is 3. The Morgan fingerprint density at radius 2 is 1.79 bits per heavy atom. The van der Waals surface area contributed by atoms with Crippen LogP contribution in [0.3, 0.4) is 0 Å². The summed E-state index contributed by atoms with van der Waals surface area (Å²) in [7, 11) is 1.43. The first-order chi connectivity index (χ1) is 13.6. The summed E-state index contributed by atoms with van der Waals surface area (Å²) in [5, 5.41) is 14.8. The molecule has 1 aliphatic rings. The summed E-state index contributed by atoms with van der Waals surface area (Å²) < 4.78 is 34.8. The van der Waals surface area contributed by atoms with E-state index in [1.807, 2.05) is 4.57 Å². The molecule has 1 aliphatic carbocycles. The summed E-state index contributed by atoms with van der Waals surface area (Å²) in [6, 6.07) is 2.76. The first kappa shape index (κ1) is 24.0. The Morgan fingerprint density at radius 1 is 1.21 bits per heavy atom. The Kier molecular flexibility index (Phi) is 9.20. The molecule has 0 saturated heterocycles. The van der Waals surface area contributed by atoms with Gasteiger partial charge in [0.2, 0.25) is 0 Å². The highest BCUT2D eigenvalue weighted by atomic mass is 19.2. The molecule has 2 aromatic rings. The van der Waals surface area contributed by atoms with Gasteiger partial charge in [0.05, 0.1) is 12.7 Å². The fourth-order valence-corrected chi connectivity index (χ4v) is 2.96. The summed E-state index contributed by atoms with van der Waals surface area (Å²) in [5.74, 6) is -2.88. The molecule has 0 unspecified atom stereocenters. The number of carboxylic acids is 2. The first-order valence-electron chi connectivity index (χ1n) is 8.78. The van der Waals surface area contributed by atoms with Crippen LogP contribution in [0.5, 0.6) is 5.75 Å². The average molecular weight is 413 g/mol. The number of hydrogen-bond acceptors (Lipinski definition) is 5. The number of nitrogens with two attached hydrogens (primary N) is 1. The minimum atomic E-state index is -0.941. The molecule has 29 heavy (non-hydrogen) atoms. The van der Waals surface area contributed by atoms with Crippen molar-refractivity contribution in [2.45, 2.75) is 45.2 Å². The summed E-state index contributed by atoms with van der Waals surface area (Å²) >= 11 is 0. The number of halogens is 2. The van der Waals surface area contributed by atoms with Crippen LogP contribution in [0, 0.1) is 11.6 Å². The molecule has 1 heterocycles. The molecule has 1 saturated carbocycles. The number of hydrogen-bond donors (Lipinski definition) is 3. The second-order valence-electron chi connectivity index (χ2n) is 6.36.